The number of nitrogens with two attached hydrogens (primary N) is 5. The number of aliphatic carboxylic acids is 4. The lowest BCUT2D eigenvalue weighted by molar-refractivity contribution is -0.141. The van der Waals surface area contributed by atoms with Crippen LogP contribution >= 0.6 is 0 Å². The Morgan fingerprint density at radius 1 is 0.567 bits per heavy atom. The van der Waals surface area contributed by atoms with E-state index in [-0.39, 0.29) is 12.8 Å². The zero-order chi connectivity index (χ0) is 24.1. The maximum absolute atomic E-state index is 10.1. The summed E-state index contributed by atoms with van der Waals surface area (Å²) in [6.45, 7) is 1.21. The van der Waals surface area contributed by atoms with Crippen molar-refractivity contribution in [2.45, 2.75) is 69.5 Å². The third-order valence-corrected chi connectivity index (χ3v) is 3.56. The first-order valence-electron chi connectivity index (χ1n) is 9.47. The topological polar surface area (TPSA) is 279 Å². The Balaban J connectivity index is -0.000000364. The van der Waals surface area contributed by atoms with Crippen molar-refractivity contribution in [1.29, 1.82) is 0 Å². The Kier molecular flexibility index (Phi) is 23.1. The number of hydrogen-bond donors (Lipinski definition) is 9. The van der Waals surface area contributed by atoms with E-state index in [0.717, 1.165) is 25.7 Å². The van der Waals surface area contributed by atoms with Crippen molar-refractivity contribution < 1.29 is 39.6 Å². The van der Waals surface area contributed by atoms with E-state index in [1.165, 1.54) is 0 Å². The van der Waals surface area contributed by atoms with E-state index in [4.69, 9.17) is 49.1 Å². The molecule has 178 valence electrons. The van der Waals surface area contributed by atoms with Crippen LogP contribution in [0, 0.1) is 0 Å². The van der Waals surface area contributed by atoms with E-state index < -0.39 is 42.0 Å². The molecular weight excluding hydrogens is 402 g/mol. The summed E-state index contributed by atoms with van der Waals surface area (Å²) in [4.78, 5) is 40.1. The molecule has 0 saturated carbocycles. The number of hydrogen-bond acceptors (Lipinski definition) is 9. The van der Waals surface area contributed by atoms with Crippen molar-refractivity contribution in [1.82, 2.24) is 0 Å². The average molecular weight is 440 g/mol. The fourth-order valence-corrected chi connectivity index (χ4v) is 1.67. The molecule has 13 heteroatoms. The van der Waals surface area contributed by atoms with Gasteiger partial charge in [-0.05, 0) is 45.2 Å². The highest BCUT2D eigenvalue weighted by atomic mass is 16.4. The molecule has 0 aromatic rings. The van der Waals surface area contributed by atoms with Gasteiger partial charge in [-0.3, -0.25) is 19.2 Å². The zero-order valence-electron chi connectivity index (χ0n) is 17.1. The van der Waals surface area contributed by atoms with Crippen LogP contribution in [0.5, 0.6) is 0 Å². The summed E-state index contributed by atoms with van der Waals surface area (Å²) in [7, 11) is 0. The van der Waals surface area contributed by atoms with E-state index in [9.17, 15) is 19.2 Å². The van der Waals surface area contributed by atoms with Gasteiger partial charge in [-0.2, -0.15) is 0 Å². The number of rotatable bonds is 14. The highest BCUT2D eigenvalue weighted by Gasteiger charge is 2.12. The second kappa shape index (κ2) is 21.4. The second-order valence-corrected chi connectivity index (χ2v) is 6.34. The number of carboxylic acids is 4. The van der Waals surface area contributed by atoms with Crippen LogP contribution in [0.1, 0.15) is 51.4 Å². The Bertz CT molecular complexity index is 467. The van der Waals surface area contributed by atoms with Gasteiger partial charge in [-0.1, -0.05) is 12.8 Å². The molecule has 30 heavy (non-hydrogen) atoms. The Morgan fingerprint density at radius 3 is 1.10 bits per heavy atom. The molecule has 0 aromatic heterocycles. The first kappa shape index (κ1) is 32.3. The molecule has 13 nitrogen and oxygen atoms in total. The Morgan fingerprint density at radius 2 is 0.867 bits per heavy atom. The van der Waals surface area contributed by atoms with Gasteiger partial charge in [0.2, 0.25) is 0 Å². The molecule has 0 saturated heterocycles. The molecule has 0 aromatic carbocycles. The van der Waals surface area contributed by atoms with Crippen LogP contribution in [-0.2, 0) is 19.2 Å². The molecule has 0 aliphatic rings. The number of carboxylic acid groups (broad SMARTS) is 4. The molecule has 0 aliphatic carbocycles. The maximum Gasteiger partial charge on any atom is 0.320 e. The molecule has 0 aliphatic heterocycles. The average Bonchev–Trinajstić information content (AvgIpc) is 2.66. The van der Waals surface area contributed by atoms with E-state index in [2.05, 4.69) is 0 Å². The number of carbonyl (C=O) groups is 4. The van der Waals surface area contributed by atoms with E-state index in [1.54, 1.807) is 0 Å². The van der Waals surface area contributed by atoms with E-state index in [0.29, 0.717) is 25.9 Å². The smallest absolute Gasteiger partial charge is 0.320 e. The largest absolute Gasteiger partial charge is 0.481 e. The minimum Gasteiger partial charge on any atom is -0.481 e. The van der Waals surface area contributed by atoms with Crippen molar-refractivity contribution >= 4 is 23.9 Å². The predicted molar refractivity (Wildman–Crippen MR) is 110 cm³/mol. The third-order valence-electron chi connectivity index (χ3n) is 3.56. The summed E-state index contributed by atoms with van der Waals surface area (Å²) in [6.07, 6.45) is 4.10. The molecule has 3 atom stereocenters. The van der Waals surface area contributed by atoms with Gasteiger partial charge in [0.25, 0.3) is 0 Å². The molecule has 0 radical (unpaired) electrons. The minimum atomic E-state index is -1.17. The highest BCUT2D eigenvalue weighted by molar-refractivity contribution is 5.74. The van der Waals surface area contributed by atoms with Gasteiger partial charge in [-0.25, -0.2) is 0 Å². The van der Waals surface area contributed by atoms with Gasteiger partial charge in [0.05, 0.1) is 0 Å². The van der Waals surface area contributed by atoms with Crippen LogP contribution < -0.4 is 28.7 Å². The summed E-state index contributed by atoms with van der Waals surface area (Å²) in [5, 5.41) is 32.9. The van der Waals surface area contributed by atoms with Crippen molar-refractivity contribution in [2.24, 2.45) is 28.7 Å². The lowest BCUT2D eigenvalue weighted by Crippen LogP contribution is -2.30. The van der Waals surface area contributed by atoms with Gasteiger partial charge >= 0.3 is 23.9 Å². The van der Waals surface area contributed by atoms with Crippen LogP contribution in [0.2, 0.25) is 0 Å². The van der Waals surface area contributed by atoms with Crippen molar-refractivity contribution in [3.63, 3.8) is 0 Å². The van der Waals surface area contributed by atoms with Crippen molar-refractivity contribution in [3.05, 3.63) is 0 Å². The quantitative estimate of drug-likeness (QED) is 0.137. The monoisotopic (exact) mass is 439 g/mol. The Labute approximate surface area is 175 Å². The third kappa shape index (κ3) is 25.7. The molecule has 14 N–H and O–H groups in total. The van der Waals surface area contributed by atoms with Gasteiger partial charge in [-0.15, -0.1) is 0 Å². The van der Waals surface area contributed by atoms with Gasteiger partial charge < -0.3 is 49.1 Å². The highest BCUT2D eigenvalue weighted by Crippen LogP contribution is 1.97. The first-order valence-corrected chi connectivity index (χ1v) is 9.47. The summed E-state index contributed by atoms with van der Waals surface area (Å²) in [5.74, 6) is -4.06. The summed E-state index contributed by atoms with van der Waals surface area (Å²) in [6, 6.07) is -2.49. The van der Waals surface area contributed by atoms with E-state index >= 15 is 0 Å². The molecular formula is C17H37N5O8. The molecule has 0 fully saturated rings. The van der Waals surface area contributed by atoms with Crippen molar-refractivity contribution in [3.8, 4) is 0 Å². The van der Waals surface area contributed by atoms with Crippen LogP contribution in [0.15, 0.2) is 0 Å². The van der Waals surface area contributed by atoms with Crippen LogP contribution in [0.3, 0.4) is 0 Å². The Hall–Kier alpha value is -2.32. The molecule has 0 heterocycles. The van der Waals surface area contributed by atoms with Crippen LogP contribution in [0.4, 0.5) is 0 Å². The second-order valence-electron chi connectivity index (χ2n) is 6.34. The van der Waals surface area contributed by atoms with Crippen molar-refractivity contribution in [2.75, 3.05) is 13.1 Å². The molecule has 0 bridgehead atoms. The SMILES string of the molecule is NC(CCC(=O)O)C(=O)O.NCCCCC(N)C(=O)O.NCCCCC(N)C(=O)O. The lowest BCUT2D eigenvalue weighted by atomic mass is 10.1. The van der Waals surface area contributed by atoms with Gasteiger partial charge in [0.15, 0.2) is 0 Å². The lowest BCUT2D eigenvalue weighted by Gasteiger charge is -2.03. The summed E-state index contributed by atoms with van der Waals surface area (Å²) < 4.78 is 0. The molecule has 3 unspecified atom stereocenters. The fourth-order valence-electron chi connectivity index (χ4n) is 1.67. The molecule has 0 rings (SSSR count). The van der Waals surface area contributed by atoms with Crippen LogP contribution in [-0.4, -0.2) is 75.5 Å². The molecule has 0 spiro atoms. The van der Waals surface area contributed by atoms with Gasteiger partial charge in [0, 0.05) is 6.42 Å². The standard InChI is InChI=1S/2C6H14N2O2.C5H9NO4/c2*7-4-2-1-3-5(8)6(9)10;6-3(5(9)10)1-2-4(7)8/h2*5H,1-4,7-8H2,(H,9,10);3H,1-2,6H2,(H,7,8)(H,9,10). The van der Waals surface area contributed by atoms with Crippen LogP contribution in [0.25, 0.3) is 0 Å². The maximum atomic E-state index is 10.1. The zero-order valence-corrected chi connectivity index (χ0v) is 17.1. The molecule has 0 amide bonds. The minimum absolute atomic E-state index is 0.0231. The summed E-state index contributed by atoms with van der Waals surface area (Å²) >= 11 is 0. The fraction of sp³-hybridized carbons (Fsp3) is 0.765. The predicted octanol–water partition coefficient (Wildman–Crippen LogP) is -1.68. The van der Waals surface area contributed by atoms with E-state index in [1.807, 2.05) is 0 Å². The normalized spacial score (nSPS) is 12.8. The number of unbranched alkanes of at least 4 members (excludes halogenated alkanes) is 2. The first-order chi connectivity index (χ1) is 13.9. The summed E-state index contributed by atoms with van der Waals surface area (Å²) in [5.41, 5.74) is 25.8. The van der Waals surface area contributed by atoms with Gasteiger partial charge in [0.1, 0.15) is 18.1 Å².